The molecule has 0 saturated carbocycles. The standard InChI is InChI=1S/C22H23F2NO/c23-18-6-9-21(24)16(10-18)13-22(26)17-11-19-7-8-20(12-17)25(19)14-15-4-2-1-3-5-15/h1-6,9-10,17,19-20H,7-8,11-14H2. The van der Waals surface area contributed by atoms with Gasteiger partial charge in [0.15, 0.2) is 0 Å². The van der Waals surface area contributed by atoms with E-state index >= 15 is 0 Å². The molecule has 0 radical (unpaired) electrons. The third-order valence-electron chi connectivity index (χ3n) is 5.92. The molecular formula is C22H23F2NO. The highest BCUT2D eigenvalue weighted by Crippen LogP contribution is 2.40. The molecule has 4 heteroatoms. The van der Waals surface area contributed by atoms with E-state index in [0.717, 1.165) is 50.4 Å². The van der Waals surface area contributed by atoms with Crippen LogP contribution in [-0.2, 0) is 17.8 Å². The minimum Gasteiger partial charge on any atom is -0.299 e. The Balaban J connectivity index is 1.42. The van der Waals surface area contributed by atoms with E-state index in [4.69, 9.17) is 0 Å². The van der Waals surface area contributed by atoms with Gasteiger partial charge in [0.25, 0.3) is 0 Å². The molecule has 2 fully saturated rings. The summed E-state index contributed by atoms with van der Waals surface area (Å²) in [5.74, 6) is -0.982. The van der Waals surface area contributed by atoms with Crippen LogP contribution in [0.1, 0.15) is 36.8 Å². The summed E-state index contributed by atoms with van der Waals surface area (Å²) in [5, 5.41) is 0. The zero-order valence-electron chi connectivity index (χ0n) is 14.7. The summed E-state index contributed by atoms with van der Waals surface area (Å²) in [7, 11) is 0. The van der Waals surface area contributed by atoms with E-state index in [0.29, 0.717) is 12.1 Å². The Labute approximate surface area is 152 Å². The Hall–Kier alpha value is -2.07. The van der Waals surface area contributed by atoms with E-state index < -0.39 is 11.6 Å². The van der Waals surface area contributed by atoms with Gasteiger partial charge in [0.05, 0.1) is 0 Å². The summed E-state index contributed by atoms with van der Waals surface area (Å²) in [5.41, 5.74) is 1.48. The van der Waals surface area contributed by atoms with Crippen molar-refractivity contribution in [3.05, 3.63) is 71.3 Å². The molecule has 0 amide bonds. The number of hydrogen-bond donors (Lipinski definition) is 0. The van der Waals surface area contributed by atoms with E-state index in [1.165, 1.54) is 5.56 Å². The van der Waals surface area contributed by atoms with Gasteiger partial charge in [0.1, 0.15) is 17.4 Å². The zero-order valence-corrected chi connectivity index (χ0v) is 14.7. The number of rotatable bonds is 5. The minimum absolute atomic E-state index is 0.00755. The maximum Gasteiger partial charge on any atom is 0.140 e. The highest BCUT2D eigenvalue weighted by Gasteiger charge is 2.42. The summed E-state index contributed by atoms with van der Waals surface area (Å²) < 4.78 is 27.2. The van der Waals surface area contributed by atoms with Crippen LogP contribution < -0.4 is 0 Å². The van der Waals surface area contributed by atoms with Crippen molar-refractivity contribution in [2.24, 2.45) is 5.92 Å². The monoisotopic (exact) mass is 355 g/mol. The average molecular weight is 355 g/mol. The van der Waals surface area contributed by atoms with Crippen LogP contribution in [0.2, 0.25) is 0 Å². The number of nitrogens with zero attached hydrogens (tertiary/aromatic N) is 1. The summed E-state index contributed by atoms with van der Waals surface area (Å²) >= 11 is 0. The number of piperidine rings is 1. The van der Waals surface area contributed by atoms with Crippen molar-refractivity contribution in [3.63, 3.8) is 0 Å². The number of fused-ring (bicyclic) bond motifs is 2. The number of carbonyl (C=O) groups excluding carboxylic acids is 1. The van der Waals surface area contributed by atoms with Crippen molar-refractivity contribution in [2.45, 2.75) is 50.7 Å². The quantitative estimate of drug-likeness (QED) is 0.786. The first kappa shape index (κ1) is 17.3. The molecule has 2 unspecified atom stereocenters. The smallest absolute Gasteiger partial charge is 0.140 e. The Bertz CT molecular complexity index is 778. The molecule has 2 heterocycles. The van der Waals surface area contributed by atoms with Crippen molar-refractivity contribution in [1.82, 2.24) is 4.90 Å². The lowest BCUT2D eigenvalue weighted by molar-refractivity contribution is -0.124. The molecule has 0 spiro atoms. The number of carbonyl (C=O) groups is 1. The predicted molar refractivity (Wildman–Crippen MR) is 96.6 cm³/mol. The molecular weight excluding hydrogens is 332 g/mol. The number of ketones is 1. The topological polar surface area (TPSA) is 20.3 Å². The van der Waals surface area contributed by atoms with E-state index in [1.807, 2.05) is 6.07 Å². The lowest BCUT2D eigenvalue weighted by Gasteiger charge is -2.38. The fraction of sp³-hybridized carbons (Fsp3) is 0.409. The maximum absolute atomic E-state index is 13.8. The van der Waals surface area contributed by atoms with Gasteiger partial charge < -0.3 is 0 Å². The fourth-order valence-corrected chi connectivity index (χ4v) is 4.60. The number of benzene rings is 2. The van der Waals surface area contributed by atoms with Gasteiger partial charge in [-0.15, -0.1) is 0 Å². The van der Waals surface area contributed by atoms with Gasteiger partial charge in [-0.2, -0.15) is 0 Å². The molecule has 0 N–H and O–H groups in total. The molecule has 2 bridgehead atoms. The largest absolute Gasteiger partial charge is 0.299 e. The Morgan fingerprint density at radius 1 is 1.00 bits per heavy atom. The van der Waals surface area contributed by atoms with Crippen LogP contribution >= 0.6 is 0 Å². The molecule has 0 aliphatic carbocycles. The number of hydrogen-bond acceptors (Lipinski definition) is 2. The van der Waals surface area contributed by atoms with Gasteiger partial charge >= 0.3 is 0 Å². The molecule has 2 saturated heterocycles. The predicted octanol–water partition coefficient (Wildman–Crippen LogP) is 4.52. The molecule has 136 valence electrons. The second-order valence-electron chi connectivity index (χ2n) is 7.59. The Morgan fingerprint density at radius 3 is 2.38 bits per heavy atom. The van der Waals surface area contributed by atoms with Crippen LogP contribution in [0.3, 0.4) is 0 Å². The second kappa shape index (κ2) is 7.28. The normalized spacial score (nSPS) is 25.4. The van der Waals surface area contributed by atoms with Gasteiger partial charge in [0.2, 0.25) is 0 Å². The summed E-state index contributed by atoms with van der Waals surface area (Å²) in [4.78, 5) is 15.2. The summed E-state index contributed by atoms with van der Waals surface area (Å²) in [6.45, 7) is 0.926. The third kappa shape index (κ3) is 3.56. The zero-order chi connectivity index (χ0) is 18.1. The number of Topliss-reactive ketones (excluding diaryl/α,β-unsaturated/α-hetero) is 1. The average Bonchev–Trinajstić information content (AvgIpc) is 2.87. The van der Waals surface area contributed by atoms with Crippen LogP contribution in [0.15, 0.2) is 48.5 Å². The van der Waals surface area contributed by atoms with Gasteiger partial charge in [-0.25, -0.2) is 8.78 Å². The first-order valence-corrected chi connectivity index (χ1v) is 9.36. The SMILES string of the molecule is O=C(Cc1cc(F)ccc1F)C1CC2CCC(C1)N2Cc1ccccc1. The van der Waals surface area contributed by atoms with Crippen molar-refractivity contribution in [1.29, 1.82) is 0 Å². The molecule has 2 nitrogen and oxygen atoms in total. The van der Waals surface area contributed by atoms with Crippen molar-refractivity contribution in [3.8, 4) is 0 Å². The summed E-state index contributed by atoms with van der Waals surface area (Å²) in [6.07, 6.45) is 3.90. The first-order chi connectivity index (χ1) is 12.6. The molecule has 2 atom stereocenters. The van der Waals surface area contributed by atoms with Crippen molar-refractivity contribution in [2.75, 3.05) is 0 Å². The van der Waals surface area contributed by atoms with E-state index in [2.05, 4.69) is 29.2 Å². The van der Waals surface area contributed by atoms with E-state index in [9.17, 15) is 13.6 Å². The second-order valence-corrected chi connectivity index (χ2v) is 7.59. The molecule has 4 rings (SSSR count). The van der Waals surface area contributed by atoms with Gasteiger partial charge in [-0.3, -0.25) is 9.69 Å². The van der Waals surface area contributed by atoms with Crippen LogP contribution in [0, 0.1) is 17.6 Å². The highest BCUT2D eigenvalue weighted by atomic mass is 19.1. The molecule has 26 heavy (non-hydrogen) atoms. The lowest BCUT2D eigenvalue weighted by atomic mass is 9.85. The molecule has 2 aliphatic heterocycles. The third-order valence-corrected chi connectivity index (χ3v) is 5.92. The Kier molecular flexibility index (Phi) is 4.86. The van der Waals surface area contributed by atoms with Crippen LogP contribution in [0.5, 0.6) is 0 Å². The van der Waals surface area contributed by atoms with Crippen molar-refractivity contribution < 1.29 is 13.6 Å². The maximum atomic E-state index is 13.8. The van der Waals surface area contributed by atoms with Crippen LogP contribution in [-0.4, -0.2) is 22.8 Å². The molecule has 2 aliphatic rings. The fourth-order valence-electron chi connectivity index (χ4n) is 4.60. The van der Waals surface area contributed by atoms with Gasteiger partial charge in [-0.1, -0.05) is 30.3 Å². The Morgan fingerprint density at radius 2 is 1.69 bits per heavy atom. The first-order valence-electron chi connectivity index (χ1n) is 9.36. The highest BCUT2D eigenvalue weighted by molar-refractivity contribution is 5.83. The lowest BCUT2D eigenvalue weighted by Crippen LogP contribution is -2.44. The molecule has 2 aromatic rings. The number of halogens is 2. The molecule has 0 aromatic heterocycles. The van der Waals surface area contributed by atoms with Crippen LogP contribution in [0.25, 0.3) is 0 Å². The van der Waals surface area contributed by atoms with E-state index in [1.54, 1.807) is 0 Å². The van der Waals surface area contributed by atoms with Gasteiger partial charge in [-0.05, 0) is 55.0 Å². The minimum atomic E-state index is -0.496. The van der Waals surface area contributed by atoms with Crippen molar-refractivity contribution >= 4 is 5.78 Å². The van der Waals surface area contributed by atoms with E-state index in [-0.39, 0.29) is 23.7 Å². The van der Waals surface area contributed by atoms with Gasteiger partial charge in [0, 0.05) is 31.0 Å². The summed E-state index contributed by atoms with van der Waals surface area (Å²) in [6, 6.07) is 14.6. The molecule has 2 aromatic carbocycles. The van der Waals surface area contributed by atoms with Crippen LogP contribution in [0.4, 0.5) is 8.78 Å².